The Bertz CT molecular complexity index is 138. The summed E-state index contributed by atoms with van der Waals surface area (Å²) in [5, 5.41) is 2.59. The second kappa shape index (κ2) is 5.97. The maximum Gasteiger partial charge on any atom is 0.221 e. The Morgan fingerprint density at radius 3 is 2.58 bits per heavy atom. The van der Waals surface area contributed by atoms with Gasteiger partial charge in [-0.15, -0.1) is 0 Å². The molecular formula is C8H19N3O. The van der Waals surface area contributed by atoms with E-state index in [-0.39, 0.29) is 11.9 Å². The van der Waals surface area contributed by atoms with Crippen molar-refractivity contribution >= 4 is 5.91 Å². The summed E-state index contributed by atoms with van der Waals surface area (Å²) >= 11 is 0. The molecule has 3 N–H and O–H groups in total. The minimum Gasteiger partial charge on any atom is -0.359 e. The van der Waals surface area contributed by atoms with Crippen LogP contribution in [0.3, 0.4) is 0 Å². The first-order chi connectivity index (χ1) is 5.65. The van der Waals surface area contributed by atoms with Gasteiger partial charge in [-0.2, -0.15) is 0 Å². The van der Waals surface area contributed by atoms with Crippen LogP contribution in [0.1, 0.15) is 13.3 Å². The number of carbonyl (C=O) groups is 1. The van der Waals surface area contributed by atoms with Crippen LogP contribution in [-0.4, -0.2) is 44.0 Å². The molecule has 0 aliphatic heterocycles. The minimum atomic E-state index is 0.0470. The van der Waals surface area contributed by atoms with E-state index in [1.807, 2.05) is 14.0 Å². The summed E-state index contributed by atoms with van der Waals surface area (Å²) in [6.07, 6.45) is 0.483. The van der Waals surface area contributed by atoms with Gasteiger partial charge >= 0.3 is 0 Å². The molecule has 1 amide bonds. The van der Waals surface area contributed by atoms with Crippen molar-refractivity contribution in [2.45, 2.75) is 19.4 Å². The van der Waals surface area contributed by atoms with E-state index in [1.165, 1.54) is 0 Å². The number of nitrogens with one attached hydrogen (secondary N) is 1. The van der Waals surface area contributed by atoms with Crippen LogP contribution in [0.5, 0.6) is 0 Å². The predicted octanol–water partition coefficient (Wildman–Crippen LogP) is -0.598. The van der Waals surface area contributed by atoms with Crippen LogP contribution >= 0.6 is 0 Å². The van der Waals surface area contributed by atoms with Gasteiger partial charge in [0.1, 0.15) is 0 Å². The Morgan fingerprint density at radius 1 is 1.67 bits per heavy atom. The molecule has 0 rings (SSSR count). The molecule has 0 aromatic rings. The molecule has 0 aliphatic carbocycles. The summed E-state index contributed by atoms with van der Waals surface area (Å²) in [4.78, 5) is 13.1. The molecule has 0 spiro atoms. The number of hydrogen-bond donors (Lipinski definition) is 2. The summed E-state index contributed by atoms with van der Waals surface area (Å²) in [5.41, 5.74) is 5.53. The molecule has 0 heterocycles. The Morgan fingerprint density at radius 2 is 2.25 bits per heavy atom. The molecule has 0 saturated heterocycles. The molecule has 0 aromatic heterocycles. The predicted molar refractivity (Wildman–Crippen MR) is 49.8 cm³/mol. The van der Waals surface area contributed by atoms with Crippen molar-refractivity contribution in [2.24, 2.45) is 5.73 Å². The van der Waals surface area contributed by atoms with Crippen LogP contribution in [0.15, 0.2) is 0 Å². The average molecular weight is 173 g/mol. The fraction of sp³-hybridized carbons (Fsp3) is 0.875. The third kappa shape index (κ3) is 3.69. The Hall–Kier alpha value is -0.610. The van der Waals surface area contributed by atoms with Crippen LogP contribution in [0.4, 0.5) is 0 Å². The number of likely N-dealkylation sites (N-methyl/N-ethyl adjacent to an activating group) is 1. The van der Waals surface area contributed by atoms with Gasteiger partial charge in [0.05, 0.1) is 0 Å². The van der Waals surface area contributed by atoms with Crippen molar-refractivity contribution in [3.05, 3.63) is 0 Å². The highest BCUT2D eigenvalue weighted by atomic mass is 16.1. The van der Waals surface area contributed by atoms with E-state index in [1.54, 1.807) is 7.05 Å². The molecule has 72 valence electrons. The summed E-state index contributed by atoms with van der Waals surface area (Å²) in [5.74, 6) is 0.0470. The highest BCUT2D eigenvalue weighted by Gasteiger charge is 2.14. The number of rotatable bonds is 5. The zero-order valence-electron chi connectivity index (χ0n) is 8.13. The van der Waals surface area contributed by atoms with E-state index in [0.717, 1.165) is 6.54 Å². The van der Waals surface area contributed by atoms with Crippen molar-refractivity contribution < 1.29 is 4.79 Å². The van der Waals surface area contributed by atoms with Crippen LogP contribution in [0.25, 0.3) is 0 Å². The van der Waals surface area contributed by atoms with E-state index >= 15 is 0 Å². The van der Waals surface area contributed by atoms with Gasteiger partial charge in [-0.1, -0.05) is 6.92 Å². The van der Waals surface area contributed by atoms with Crippen LogP contribution < -0.4 is 11.1 Å². The summed E-state index contributed by atoms with van der Waals surface area (Å²) in [6, 6.07) is 0.162. The van der Waals surface area contributed by atoms with Crippen molar-refractivity contribution in [1.29, 1.82) is 0 Å². The van der Waals surface area contributed by atoms with Crippen LogP contribution in [0, 0.1) is 0 Å². The van der Waals surface area contributed by atoms with Crippen LogP contribution in [-0.2, 0) is 4.79 Å². The van der Waals surface area contributed by atoms with E-state index in [2.05, 4.69) is 10.2 Å². The molecule has 4 heteroatoms. The van der Waals surface area contributed by atoms with E-state index in [9.17, 15) is 4.79 Å². The standard InChI is InChI=1S/C8H19N3O/c1-4-11(3)7(6-9)5-8(12)10-2/h7H,4-6,9H2,1-3H3,(H,10,12). The molecule has 0 fully saturated rings. The van der Waals surface area contributed by atoms with Crippen molar-refractivity contribution in [3.63, 3.8) is 0 Å². The Labute approximate surface area is 74.1 Å². The third-order valence-corrected chi connectivity index (χ3v) is 2.09. The van der Waals surface area contributed by atoms with Crippen molar-refractivity contribution in [3.8, 4) is 0 Å². The van der Waals surface area contributed by atoms with E-state index < -0.39 is 0 Å². The fourth-order valence-electron chi connectivity index (χ4n) is 0.993. The molecule has 0 bridgehead atoms. The van der Waals surface area contributed by atoms with Gasteiger partial charge in [0.2, 0.25) is 5.91 Å². The number of carbonyl (C=O) groups excluding carboxylic acids is 1. The van der Waals surface area contributed by atoms with Gasteiger partial charge in [-0.05, 0) is 13.6 Å². The SMILES string of the molecule is CCN(C)C(CN)CC(=O)NC. The lowest BCUT2D eigenvalue weighted by Crippen LogP contribution is -2.41. The lowest BCUT2D eigenvalue weighted by Gasteiger charge is -2.24. The highest BCUT2D eigenvalue weighted by Crippen LogP contribution is 1.99. The first-order valence-corrected chi connectivity index (χ1v) is 4.26. The minimum absolute atomic E-state index is 0.0470. The quantitative estimate of drug-likeness (QED) is 0.584. The zero-order valence-corrected chi connectivity index (χ0v) is 8.13. The maximum absolute atomic E-state index is 11.0. The Kier molecular flexibility index (Phi) is 5.66. The monoisotopic (exact) mass is 173 g/mol. The lowest BCUT2D eigenvalue weighted by molar-refractivity contribution is -0.121. The van der Waals surface area contributed by atoms with Crippen LogP contribution in [0.2, 0.25) is 0 Å². The summed E-state index contributed by atoms with van der Waals surface area (Å²) in [6.45, 7) is 3.49. The average Bonchev–Trinajstić information content (AvgIpc) is 2.12. The number of hydrogen-bond acceptors (Lipinski definition) is 3. The molecule has 1 unspecified atom stereocenters. The molecule has 4 nitrogen and oxygen atoms in total. The first-order valence-electron chi connectivity index (χ1n) is 4.26. The second-order valence-electron chi connectivity index (χ2n) is 2.84. The van der Waals surface area contributed by atoms with Crippen molar-refractivity contribution in [1.82, 2.24) is 10.2 Å². The number of amides is 1. The first kappa shape index (κ1) is 11.4. The highest BCUT2D eigenvalue weighted by molar-refractivity contribution is 5.76. The normalized spacial score (nSPS) is 13.1. The lowest BCUT2D eigenvalue weighted by atomic mass is 10.2. The molecule has 0 aliphatic rings. The zero-order chi connectivity index (χ0) is 9.56. The molecule has 0 radical (unpaired) electrons. The van der Waals surface area contributed by atoms with Gasteiger partial charge in [0, 0.05) is 26.1 Å². The smallest absolute Gasteiger partial charge is 0.221 e. The molecule has 0 aromatic carbocycles. The van der Waals surface area contributed by atoms with E-state index in [0.29, 0.717) is 13.0 Å². The second-order valence-corrected chi connectivity index (χ2v) is 2.84. The largest absolute Gasteiger partial charge is 0.359 e. The number of nitrogens with zero attached hydrogens (tertiary/aromatic N) is 1. The van der Waals surface area contributed by atoms with Crippen molar-refractivity contribution in [2.75, 3.05) is 27.2 Å². The molecular weight excluding hydrogens is 154 g/mol. The van der Waals surface area contributed by atoms with E-state index in [4.69, 9.17) is 5.73 Å². The Balaban J connectivity index is 3.90. The van der Waals surface area contributed by atoms with Gasteiger partial charge in [0.15, 0.2) is 0 Å². The van der Waals surface area contributed by atoms with Gasteiger partial charge in [-0.3, -0.25) is 4.79 Å². The topological polar surface area (TPSA) is 58.4 Å². The third-order valence-electron chi connectivity index (χ3n) is 2.09. The number of nitrogens with two attached hydrogens (primary N) is 1. The summed E-state index contributed by atoms with van der Waals surface area (Å²) in [7, 11) is 3.61. The van der Waals surface area contributed by atoms with Gasteiger partial charge < -0.3 is 16.0 Å². The summed E-state index contributed by atoms with van der Waals surface area (Å²) < 4.78 is 0. The van der Waals surface area contributed by atoms with Gasteiger partial charge in [-0.25, -0.2) is 0 Å². The van der Waals surface area contributed by atoms with Gasteiger partial charge in [0.25, 0.3) is 0 Å². The molecule has 12 heavy (non-hydrogen) atoms. The molecule has 1 atom stereocenters. The maximum atomic E-state index is 11.0. The fourth-order valence-corrected chi connectivity index (χ4v) is 0.993. The molecule has 0 saturated carbocycles.